The van der Waals surface area contributed by atoms with Crippen LogP contribution in [0.1, 0.15) is 32.4 Å². The lowest BCUT2D eigenvalue weighted by Gasteiger charge is -2.23. The molecule has 1 unspecified atom stereocenters. The van der Waals surface area contributed by atoms with Gasteiger partial charge in [-0.1, -0.05) is 19.9 Å². The molecule has 11 heteroatoms. The third kappa shape index (κ3) is 3.83. The Hall–Kier alpha value is -2.34. The summed E-state index contributed by atoms with van der Waals surface area (Å²) in [5.74, 6) is 0.518. The molecular formula is C21H25N5O3S3. The molecule has 0 saturated heterocycles. The number of benzene rings is 1. The van der Waals surface area contributed by atoms with E-state index in [2.05, 4.69) is 10.2 Å². The van der Waals surface area contributed by atoms with Gasteiger partial charge in [0.25, 0.3) is 0 Å². The van der Waals surface area contributed by atoms with Gasteiger partial charge in [-0.3, -0.25) is 14.5 Å². The summed E-state index contributed by atoms with van der Waals surface area (Å²) < 4.78 is 29.3. The van der Waals surface area contributed by atoms with Crippen LogP contribution in [0.2, 0.25) is 0 Å². The average molecular weight is 492 g/mol. The number of anilines is 1. The maximum atomic E-state index is 13.5. The zero-order valence-electron chi connectivity index (χ0n) is 18.1. The summed E-state index contributed by atoms with van der Waals surface area (Å²) in [6.45, 7) is 6.77. The molecule has 170 valence electrons. The number of fused-ring (bicyclic) bond motifs is 1. The van der Waals surface area contributed by atoms with Crippen molar-refractivity contribution in [1.29, 1.82) is 0 Å². The fourth-order valence-corrected chi connectivity index (χ4v) is 6.57. The van der Waals surface area contributed by atoms with Crippen molar-refractivity contribution >= 4 is 45.2 Å². The lowest BCUT2D eigenvalue weighted by atomic mass is 10.2. The van der Waals surface area contributed by atoms with Crippen molar-refractivity contribution in [2.24, 2.45) is 0 Å². The summed E-state index contributed by atoms with van der Waals surface area (Å²) in [5, 5.41) is 9.06. The maximum Gasteiger partial charge on any atom is 0.249 e. The van der Waals surface area contributed by atoms with E-state index in [9.17, 15) is 13.2 Å². The first kappa shape index (κ1) is 22.8. The van der Waals surface area contributed by atoms with Gasteiger partial charge in [0.2, 0.25) is 15.9 Å². The van der Waals surface area contributed by atoms with Gasteiger partial charge in [0.05, 0.1) is 9.77 Å². The average Bonchev–Trinajstić information content (AvgIpc) is 3.52. The molecule has 0 radical (unpaired) electrons. The van der Waals surface area contributed by atoms with Crippen molar-refractivity contribution in [2.75, 3.05) is 24.5 Å². The summed E-state index contributed by atoms with van der Waals surface area (Å²) in [5.41, 5.74) is 1.60. The third-order valence-corrected chi connectivity index (χ3v) is 8.95. The molecule has 0 spiro atoms. The molecule has 0 aliphatic carbocycles. The Bertz CT molecular complexity index is 1290. The Morgan fingerprint density at radius 1 is 1.31 bits per heavy atom. The highest BCUT2D eigenvalue weighted by molar-refractivity contribution is 7.89. The predicted molar refractivity (Wildman–Crippen MR) is 128 cm³/mol. The molecule has 1 atom stereocenters. The van der Waals surface area contributed by atoms with E-state index in [1.807, 2.05) is 38.3 Å². The van der Waals surface area contributed by atoms with Gasteiger partial charge >= 0.3 is 0 Å². The van der Waals surface area contributed by atoms with Gasteiger partial charge in [-0.25, -0.2) is 8.42 Å². The van der Waals surface area contributed by atoms with Crippen molar-refractivity contribution in [3.05, 3.63) is 46.0 Å². The Balaban J connectivity index is 1.64. The molecule has 1 aliphatic heterocycles. The number of nitrogens with zero attached hydrogens (tertiary/aromatic N) is 4. The number of aromatic nitrogens is 3. The lowest BCUT2D eigenvalue weighted by molar-refractivity contribution is -0.121. The van der Waals surface area contributed by atoms with E-state index in [1.165, 1.54) is 15.6 Å². The first-order valence-corrected chi connectivity index (χ1v) is 13.2. The van der Waals surface area contributed by atoms with Crippen molar-refractivity contribution in [3.8, 4) is 10.7 Å². The molecule has 1 N–H and O–H groups in total. The highest BCUT2D eigenvalue weighted by atomic mass is 32.2. The van der Waals surface area contributed by atoms with Crippen LogP contribution in [0.25, 0.3) is 10.7 Å². The molecule has 3 aromatic rings. The number of thiophene rings is 1. The first-order chi connectivity index (χ1) is 15.3. The number of aromatic amines is 1. The van der Waals surface area contributed by atoms with Gasteiger partial charge in [-0.15, -0.1) is 11.3 Å². The summed E-state index contributed by atoms with van der Waals surface area (Å²) in [7, 11) is -3.55. The molecular weight excluding hydrogens is 466 g/mol. The SMILES string of the molecule is CCN(CC)S(=O)(=O)c1ccc2c(c1)CCN2C(=O)C(C)n1c(-c2cccs2)n[nH]c1=S. The third-order valence-electron chi connectivity index (χ3n) is 5.75. The highest BCUT2D eigenvalue weighted by Crippen LogP contribution is 2.34. The van der Waals surface area contributed by atoms with Crippen LogP contribution in [0.3, 0.4) is 0 Å². The first-order valence-electron chi connectivity index (χ1n) is 10.4. The number of H-pyrrole nitrogens is 1. The molecule has 1 aromatic carbocycles. The minimum Gasteiger partial charge on any atom is -0.310 e. The van der Waals surface area contributed by atoms with E-state index in [0.717, 1.165) is 16.1 Å². The fourth-order valence-electron chi connectivity index (χ4n) is 4.06. The van der Waals surface area contributed by atoms with Gasteiger partial charge in [-0.2, -0.15) is 9.40 Å². The van der Waals surface area contributed by atoms with E-state index in [1.54, 1.807) is 27.7 Å². The molecule has 0 saturated carbocycles. The molecule has 1 amide bonds. The van der Waals surface area contributed by atoms with Crippen molar-refractivity contribution in [3.63, 3.8) is 0 Å². The van der Waals surface area contributed by atoms with Gasteiger partial charge in [0, 0.05) is 25.3 Å². The van der Waals surface area contributed by atoms with Gasteiger partial charge in [0.1, 0.15) is 6.04 Å². The molecule has 3 heterocycles. The number of nitrogens with one attached hydrogen (secondary N) is 1. The number of hydrogen-bond acceptors (Lipinski definition) is 6. The summed E-state index contributed by atoms with van der Waals surface area (Å²) in [4.78, 5) is 16.4. The standard InChI is InChI=1S/C21H25N5O3S3/c1-4-24(5-2)32(28,29)16-8-9-17-15(13-16)10-11-25(17)20(27)14(3)26-19(22-23-21(26)30)18-7-6-12-31-18/h6-9,12-14H,4-5,10-11H2,1-3H3,(H,23,30). The Kier molecular flexibility index (Phi) is 6.35. The largest absolute Gasteiger partial charge is 0.310 e. The van der Waals surface area contributed by atoms with E-state index in [4.69, 9.17) is 12.2 Å². The molecule has 32 heavy (non-hydrogen) atoms. The van der Waals surface area contributed by atoms with E-state index in [-0.39, 0.29) is 10.8 Å². The van der Waals surface area contributed by atoms with Gasteiger partial charge < -0.3 is 4.90 Å². The quantitative estimate of drug-likeness (QED) is 0.507. The van der Waals surface area contributed by atoms with Crippen LogP contribution in [0.15, 0.2) is 40.6 Å². The van der Waals surface area contributed by atoms with Crippen LogP contribution in [-0.4, -0.2) is 53.0 Å². The van der Waals surface area contributed by atoms with Crippen molar-refractivity contribution in [2.45, 2.75) is 38.1 Å². The van der Waals surface area contributed by atoms with Crippen LogP contribution in [0, 0.1) is 4.77 Å². The topological polar surface area (TPSA) is 91.3 Å². The van der Waals surface area contributed by atoms with Crippen LogP contribution >= 0.6 is 23.6 Å². The number of amides is 1. The van der Waals surface area contributed by atoms with E-state index in [0.29, 0.717) is 36.7 Å². The maximum absolute atomic E-state index is 13.5. The van der Waals surface area contributed by atoms with E-state index < -0.39 is 16.1 Å². The van der Waals surface area contributed by atoms with Crippen molar-refractivity contribution < 1.29 is 13.2 Å². The van der Waals surface area contributed by atoms with Crippen LogP contribution in [-0.2, 0) is 21.2 Å². The smallest absolute Gasteiger partial charge is 0.249 e. The molecule has 8 nitrogen and oxygen atoms in total. The fraction of sp³-hybridized carbons (Fsp3) is 0.381. The second kappa shape index (κ2) is 8.89. The zero-order chi connectivity index (χ0) is 23.0. The summed E-state index contributed by atoms with van der Waals surface area (Å²) >= 11 is 6.94. The lowest BCUT2D eigenvalue weighted by Crippen LogP contribution is -2.35. The number of rotatable bonds is 7. The monoisotopic (exact) mass is 491 g/mol. The van der Waals surface area contributed by atoms with E-state index >= 15 is 0 Å². The van der Waals surface area contributed by atoms with Crippen LogP contribution in [0.5, 0.6) is 0 Å². The van der Waals surface area contributed by atoms with Gasteiger partial charge in [0.15, 0.2) is 10.6 Å². The molecule has 1 aliphatic rings. The molecule has 4 rings (SSSR count). The molecule has 0 fully saturated rings. The Morgan fingerprint density at radius 2 is 2.06 bits per heavy atom. The zero-order valence-corrected chi connectivity index (χ0v) is 20.6. The number of hydrogen-bond donors (Lipinski definition) is 1. The van der Waals surface area contributed by atoms with Gasteiger partial charge in [-0.05, 0) is 60.8 Å². The molecule has 2 aromatic heterocycles. The normalized spacial score (nSPS) is 14.7. The number of sulfonamides is 1. The predicted octanol–water partition coefficient (Wildman–Crippen LogP) is 3.85. The second-order valence-corrected chi connectivity index (χ2v) is 10.8. The van der Waals surface area contributed by atoms with Crippen LogP contribution in [0.4, 0.5) is 5.69 Å². The summed E-state index contributed by atoms with van der Waals surface area (Å²) in [6, 6.07) is 8.31. The number of carbonyl (C=O) groups is 1. The second-order valence-electron chi connectivity index (χ2n) is 7.50. The minimum absolute atomic E-state index is 0.113. The Morgan fingerprint density at radius 3 is 2.72 bits per heavy atom. The summed E-state index contributed by atoms with van der Waals surface area (Å²) in [6.07, 6.45) is 0.601. The number of carbonyl (C=O) groups excluding carboxylic acids is 1. The highest BCUT2D eigenvalue weighted by Gasteiger charge is 2.32. The van der Waals surface area contributed by atoms with Crippen LogP contribution < -0.4 is 4.90 Å². The molecule has 0 bridgehead atoms. The van der Waals surface area contributed by atoms with Crippen molar-refractivity contribution in [1.82, 2.24) is 19.1 Å². The Labute approximate surface area is 196 Å². The minimum atomic E-state index is -3.55.